The van der Waals surface area contributed by atoms with E-state index in [-0.39, 0.29) is 15.5 Å². The molecule has 2 aromatic rings. The monoisotopic (exact) mass is 347 g/mol. The summed E-state index contributed by atoms with van der Waals surface area (Å²) in [6, 6.07) is 8.66. The van der Waals surface area contributed by atoms with Crippen LogP contribution in [0.25, 0.3) is 0 Å². The maximum absolute atomic E-state index is 12.9. The summed E-state index contributed by atoms with van der Waals surface area (Å²) in [5.74, 6) is -1.09. The molecule has 0 aliphatic rings. The molecule has 1 amide bonds. The summed E-state index contributed by atoms with van der Waals surface area (Å²) in [4.78, 5) is 11.9. The Morgan fingerprint density at radius 3 is 2.24 bits per heavy atom. The second kappa shape index (κ2) is 6.01. The number of anilines is 1. The normalized spacial score (nSPS) is 11.2. The van der Waals surface area contributed by atoms with Gasteiger partial charge in [0.25, 0.3) is 15.0 Å². The quantitative estimate of drug-likeness (QED) is 0.861. The van der Waals surface area contributed by atoms with Crippen LogP contribution in [0.3, 0.4) is 0 Å². The Morgan fingerprint density at radius 2 is 1.71 bits per heavy atom. The lowest BCUT2D eigenvalue weighted by Gasteiger charge is -2.07. The van der Waals surface area contributed by atoms with Crippen LogP contribution in [-0.2, 0) is 9.05 Å². The van der Waals surface area contributed by atoms with E-state index in [9.17, 15) is 17.6 Å². The minimum Gasteiger partial charge on any atom is -0.322 e. The van der Waals surface area contributed by atoms with Crippen molar-refractivity contribution in [2.45, 2.75) is 4.90 Å². The first-order chi connectivity index (χ1) is 9.77. The number of rotatable bonds is 3. The topological polar surface area (TPSA) is 63.2 Å². The van der Waals surface area contributed by atoms with Crippen LogP contribution >= 0.6 is 22.3 Å². The molecule has 2 rings (SSSR count). The summed E-state index contributed by atoms with van der Waals surface area (Å²) in [6.45, 7) is 0. The lowest BCUT2D eigenvalue weighted by molar-refractivity contribution is 0.102. The van der Waals surface area contributed by atoms with Gasteiger partial charge < -0.3 is 5.32 Å². The van der Waals surface area contributed by atoms with E-state index < -0.39 is 20.8 Å². The van der Waals surface area contributed by atoms with Gasteiger partial charge in [0, 0.05) is 16.4 Å². The molecule has 0 aromatic heterocycles. The van der Waals surface area contributed by atoms with Crippen molar-refractivity contribution >= 4 is 42.9 Å². The molecule has 0 atom stereocenters. The minimum absolute atomic E-state index is 0.0209. The van der Waals surface area contributed by atoms with Gasteiger partial charge in [-0.25, -0.2) is 12.8 Å². The summed E-state index contributed by atoms with van der Waals surface area (Å²) in [7, 11) is 1.37. The predicted octanol–water partition coefficient (Wildman–Crippen LogP) is 3.66. The second-order valence-electron chi connectivity index (χ2n) is 4.04. The summed E-state index contributed by atoms with van der Waals surface area (Å²) in [5.41, 5.74) is 0.455. The number of carbonyl (C=O) groups is 1. The van der Waals surface area contributed by atoms with E-state index in [1.807, 2.05) is 0 Å². The highest BCUT2D eigenvalue weighted by atomic mass is 35.7. The van der Waals surface area contributed by atoms with Gasteiger partial charge in [-0.1, -0.05) is 11.6 Å². The van der Waals surface area contributed by atoms with E-state index in [1.54, 1.807) is 0 Å². The summed E-state index contributed by atoms with van der Waals surface area (Å²) in [5, 5.41) is 2.49. The maximum atomic E-state index is 12.9. The largest absolute Gasteiger partial charge is 0.322 e. The lowest BCUT2D eigenvalue weighted by atomic mass is 10.2. The zero-order chi connectivity index (χ0) is 15.6. The van der Waals surface area contributed by atoms with Gasteiger partial charge in [-0.2, -0.15) is 0 Å². The van der Waals surface area contributed by atoms with Crippen molar-refractivity contribution in [2.75, 3.05) is 5.32 Å². The first-order valence-corrected chi connectivity index (χ1v) is 8.27. The number of amides is 1. The number of carbonyl (C=O) groups excluding carboxylic acids is 1. The zero-order valence-corrected chi connectivity index (χ0v) is 12.6. The van der Waals surface area contributed by atoms with Gasteiger partial charge in [0.2, 0.25) is 0 Å². The summed E-state index contributed by atoms with van der Waals surface area (Å²) >= 11 is 5.78. The molecule has 0 aliphatic heterocycles. The van der Waals surface area contributed by atoms with Crippen LogP contribution in [0.15, 0.2) is 47.4 Å². The van der Waals surface area contributed by atoms with Crippen LogP contribution in [0.1, 0.15) is 10.4 Å². The smallest absolute Gasteiger partial charge is 0.261 e. The molecule has 0 bridgehead atoms. The van der Waals surface area contributed by atoms with Gasteiger partial charge in [0.05, 0.1) is 15.5 Å². The number of hydrogen-bond acceptors (Lipinski definition) is 3. The van der Waals surface area contributed by atoms with Gasteiger partial charge in [-0.15, -0.1) is 0 Å². The second-order valence-corrected chi connectivity index (χ2v) is 7.01. The fraction of sp³-hybridized carbons (Fsp3) is 0. The Bertz CT molecular complexity index is 792. The van der Waals surface area contributed by atoms with E-state index >= 15 is 0 Å². The third kappa shape index (κ3) is 3.93. The molecule has 2 aromatic carbocycles. The number of hydrogen-bond donors (Lipinski definition) is 1. The van der Waals surface area contributed by atoms with Crippen LogP contribution < -0.4 is 5.32 Å². The molecular formula is C13H8Cl2FNO3S. The molecule has 0 spiro atoms. The molecule has 0 saturated carbocycles. The number of benzene rings is 2. The predicted molar refractivity (Wildman–Crippen MR) is 78.8 cm³/mol. The number of halogens is 3. The Hall–Kier alpha value is -1.63. The van der Waals surface area contributed by atoms with Crippen molar-refractivity contribution in [2.24, 2.45) is 0 Å². The maximum Gasteiger partial charge on any atom is 0.261 e. The van der Waals surface area contributed by atoms with Crippen molar-refractivity contribution < 1.29 is 17.6 Å². The third-order valence-electron chi connectivity index (χ3n) is 2.57. The Morgan fingerprint density at radius 1 is 1.10 bits per heavy atom. The standard InChI is InChI=1S/C13H8Cl2FNO3S/c14-12-7-8(16)1-6-11(12)13(18)17-9-2-4-10(5-3-9)21(15,19)20/h1-7H,(H,17,18). The van der Waals surface area contributed by atoms with Crippen molar-refractivity contribution in [3.05, 3.63) is 58.9 Å². The average molecular weight is 348 g/mol. The van der Waals surface area contributed by atoms with E-state index in [4.69, 9.17) is 22.3 Å². The molecule has 4 nitrogen and oxygen atoms in total. The molecule has 21 heavy (non-hydrogen) atoms. The molecule has 0 unspecified atom stereocenters. The van der Waals surface area contributed by atoms with Gasteiger partial charge in [0.15, 0.2) is 0 Å². The minimum atomic E-state index is -3.81. The van der Waals surface area contributed by atoms with E-state index in [1.165, 1.54) is 30.3 Å². The number of nitrogens with one attached hydrogen (secondary N) is 1. The summed E-state index contributed by atoms with van der Waals surface area (Å²) < 4.78 is 35.1. The lowest BCUT2D eigenvalue weighted by Crippen LogP contribution is -2.12. The van der Waals surface area contributed by atoms with Crippen molar-refractivity contribution in [1.82, 2.24) is 0 Å². The fourth-order valence-electron chi connectivity index (χ4n) is 1.57. The average Bonchev–Trinajstić information content (AvgIpc) is 2.38. The van der Waals surface area contributed by atoms with Crippen molar-refractivity contribution in [3.63, 3.8) is 0 Å². The fourth-order valence-corrected chi connectivity index (χ4v) is 2.60. The Kier molecular flexibility index (Phi) is 4.51. The van der Waals surface area contributed by atoms with Gasteiger partial charge in [0.1, 0.15) is 5.82 Å². The van der Waals surface area contributed by atoms with E-state index in [2.05, 4.69) is 5.32 Å². The molecular weight excluding hydrogens is 340 g/mol. The molecule has 0 aliphatic carbocycles. The zero-order valence-electron chi connectivity index (χ0n) is 10.3. The van der Waals surface area contributed by atoms with Gasteiger partial charge in [-0.05, 0) is 42.5 Å². The van der Waals surface area contributed by atoms with Crippen LogP contribution in [0.4, 0.5) is 10.1 Å². The van der Waals surface area contributed by atoms with Gasteiger partial charge in [-0.3, -0.25) is 4.79 Å². The Labute approximate surface area is 129 Å². The summed E-state index contributed by atoms with van der Waals surface area (Å²) in [6.07, 6.45) is 0. The van der Waals surface area contributed by atoms with E-state index in [0.29, 0.717) is 5.69 Å². The van der Waals surface area contributed by atoms with Crippen molar-refractivity contribution in [1.29, 1.82) is 0 Å². The molecule has 1 N–H and O–H groups in total. The molecule has 0 saturated heterocycles. The first kappa shape index (κ1) is 15.8. The molecule has 0 radical (unpaired) electrons. The van der Waals surface area contributed by atoms with Crippen LogP contribution in [0.2, 0.25) is 5.02 Å². The molecule has 110 valence electrons. The Balaban J connectivity index is 2.20. The van der Waals surface area contributed by atoms with Crippen LogP contribution in [0, 0.1) is 5.82 Å². The molecule has 0 fully saturated rings. The van der Waals surface area contributed by atoms with E-state index in [0.717, 1.165) is 12.1 Å². The highest BCUT2D eigenvalue weighted by Crippen LogP contribution is 2.21. The third-order valence-corrected chi connectivity index (χ3v) is 4.25. The molecule has 0 heterocycles. The van der Waals surface area contributed by atoms with Crippen LogP contribution in [0.5, 0.6) is 0 Å². The van der Waals surface area contributed by atoms with Gasteiger partial charge >= 0.3 is 0 Å². The molecule has 8 heteroatoms. The first-order valence-electron chi connectivity index (χ1n) is 5.58. The van der Waals surface area contributed by atoms with Crippen molar-refractivity contribution in [3.8, 4) is 0 Å². The highest BCUT2D eigenvalue weighted by Gasteiger charge is 2.13. The SMILES string of the molecule is O=C(Nc1ccc(S(=O)(=O)Cl)cc1)c1ccc(F)cc1Cl. The highest BCUT2D eigenvalue weighted by molar-refractivity contribution is 8.13. The van der Waals surface area contributed by atoms with Crippen LogP contribution in [-0.4, -0.2) is 14.3 Å².